The van der Waals surface area contributed by atoms with Crippen molar-refractivity contribution in [3.63, 3.8) is 0 Å². The molecule has 1 aromatic carbocycles. The predicted octanol–water partition coefficient (Wildman–Crippen LogP) is 3.99. The molecule has 2 aromatic heterocycles. The summed E-state index contributed by atoms with van der Waals surface area (Å²) in [7, 11) is 0. The second-order valence-electron chi connectivity index (χ2n) is 5.91. The summed E-state index contributed by atoms with van der Waals surface area (Å²) in [6, 6.07) is 11.2. The van der Waals surface area contributed by atoms with E-state index < -0.39 is 0 Å². The molecule has 27 heavy (non-hydrogen) atoms. The van der Waals surface area contributed by atoms with E-state index >= 15 is 0 Å². The minimum Gasteiger partial charge on any atom is -0.355 e. The van der Waals surface area contributed by atoms with Crippen molar-refractivity contribution in [2.45, 2.75) is 30.7 Å². The number of rotatable bonds is 7. The number of nitrogens with zero attached hydrogens (tertiary/aromatic N) is 4. The van der Waals surface area contributed by atoms with Crippen molar-refractivity contribution in [1.29, 1.82) is 0 Å². The second-order valence-corrected chi connectivity index (χ2v) is 7.65. The van der Waals surface area contributed by atoms with Crippen LogP contribution in [0.15, 0.2) is 53.9 Å². The highest BCUT2D eigenvalue weighted by Gasteiger charge is 2.21. The molecule has 2 heterocycles. The first kappa shape index (κ1) is 19.4. The Balaban J connectivity index is 1.98. The molecule has 1 atom stereocenters. The molecule has 140 valence electrons. The lowest BCUT2D eigenvalue weighted by Gasteiger charge is -2.14. The summed E-state index contributed by atoms with van der Waals surface area (Å²) in [5, 5.41) is 12.6. The van der Waals surface area contributed by atoms with Crippen LogP contribution in [0.3, 0.4) is 0 Å². The summed E-state index contributed by atoms with van der Waals surface area (Å²) in [4.78, 5) is 16.3. The smallest absolute Gasteiger partial charge is 0.233 e. The van der Waals surface area contributed by atoms with E-state index in [1.165, 1.54) is 11.8 Å². The van der Waals surface area contributed by atoms with Gasteiger partial charge in [0.2, 0.25) is 5.91 Å². The van der Waals surface area contributed by atoms with Gasteiger partial charge in [-0.15, -0.1) is 10.2 Å². The van der Waals surface area contributed by atoms with E-state index in [1.54, 1.807) is 12.4 Å². The summed E-state index contributed by atoms with van der Waals surface area (Å²) in [5.74, 6) is 0.668. The second kappa shape index (κ2) is 9.01. The SMILES string of the molecule is CCCNC(=O)[C@@H](C)Sc1nnc(-c2ccncc2)n1-c1ccc(Cl)cc1. The highest BCUT2D eigenvalue weighted by Crippen LogP contribution is 2.30. The van der Waals surface area contributed by atoms with E-state index in [-0.39, 0.29) is 11.2 Å². The number of nitrogens with one attached hydrogen (secondary N) is 1. The summed E-state index contributed by atoms with van der Waals surface area (Å²) in [5.41, 5.74) is 1.77. The Morgan fingerprint density at radius 2 is 1.89 bits per heavy atom. The maximum absolute atomic E-state index is 12.3. The van der Waals surface area contributed by atoms with Crippen molar-refractivity contribution >= 4 is 29.3 Å². The molecule has 0 bridgehead atoms. The van der Waals surface area contributed by atoms with Gasteiger partial charge in [-0.3, -0.25) is 14.3 Å². The number of carbonyl (C=O) groups excluding carboxylic acids is 1. The van der Waals surface area contributed by atoms with E-state index in [2.05, 4.69) is 20.5 Å². The van der Waals surface area contributed by atoms with Gasteiger partial charge in [0, 0.05) is 35.2 Å². The van der Waals surface area contributed by atoms with Crippen LogP contribution in [0.4, 0.5) is 0 Å². The minimum atomic E-state index is -0.294. The van der Waals surface area contributed by atoms with Crippen molar-refractivity contribution in [3.05, 3.63) is 53.8 Å². The average Bonchev–Trinajstić information content (AvgIpc) is 3.10. The number of carbonyl (C=O) groups is 1. The molecule has 0 aliphatic carbocycles. The minimum absolute atomic E-state index is 0.0158. The van der Waals surface area contributed by atoms with E-state index in [9.17, 15) is 4.79 Å². The maximum atomic E-state index is 12.3. The summed E-state index contributed by atoms with van der Waals surface area (Å²) in [6.45, 7) is 4.55. The number of hydrogen-bond donors (Lipinski definition) is 1. The van der Waals surface area contributed by atoms with Crippen molar-refractivity contribution in [3.8, 4) is 17.1 Å². The zero-order valence-electron chi connectivity index (χ0n) is 15.1. The Morgan fingerprint density at radius 1 is 1.19 bits per heavy atom. The van der Waals surface area contributed by atoms with Gasteiger partial charge in [0.05, 0.1) is 5.25 Å². The number of hydrogen-bond acceptors (Lipinski definition) is 5. The maximum Gasteiger partial charge on any atom is 0.233 e. The number of aromatic nitrogens is 4. The number of pyridine rings is 1. The number of thioether (sulfide) groups is 1. The lowest BCUT2D eigenvalue weighted by Crippen LogP contribution is -2.31. The molecule has 0 radical (unpaired) electrons. The molecule has 1 N–H and O–H groups in total. The zero-order valence-corrected chi connectivity index (χ0v) is 16.7. The molecule has 0 aliphatic heterocycles. The lowest BCUT2D eigenvalue weighted by molar-refractivity contribution is -0.120. The zero-order chi connectivity index (χ0) is 19.2. The first-order valence-corrected chi connectivity index (χ1v) is 9.92. The van der Waals surface area contributed by atoms with Gasteiger partial charge in [-0.05, 0) is 49.7 Å². The van der Waals surface area contributed by atoms with Crippen molar-refractivity contribution in [2.24, 2.45) is 0 Å². The molecule has 0 spiro atoms. The number of halogens is 1. The Morgan fingerprint density at radius 3 is 2.56 bits per heavy atom. The molecule has 0 unspecified atom stereocenters. The highest BCUT2D eigenvalue weighted by atomic mass is 35.5. The van der Waals surface area contributed by atoms with Gasteiger partial charge in [0.15, 0.2) is 11.0 Å². The van der Waals surface area contributed by atoms with Crippen LogP contribution in [-0.2, 0) is 4.79 Å². The van der Waals surface area contributed by atoms with Crippen LogP contribution in [0, 0.1) is 0 Å². The summed E-state index contributed by atoms with van der Waals surface area (Å²) >= 11 is 7.41. The van der Waals surface area contributed by atoms with Gasteiger partial charge in [0.1, 0.15) is 0 Å². The third kappa shape index (κ3) is 4.67. The first-order valence-electron chi connectivity index (χ1n) is 8.66. The van der Waals surface area contributed by atoms with Crippen LogP contribution in [0.25, 0.3) is 17.1 Å². The molecule has 0 saturated carbocycles. The standard InChI is InChI=1S/C19H20ClN5OS/c1-3-10-22-18(26)13(2)27-19-24-23-17(14-8-11-21-12-9-14)25(19)16-6-4-15(20)5-7-16/h4-9,11-13H,3,10H2,1-2H3,(H,22,26)/t13-/m1/s1. The molecule has 0 aliphatic rings. The summed E-state index contributed by atoms with van der Waals surface area (Å²) in [6.07, 6.45) is 4.32. The third-order valence-corrected chi connectivity index (χ3v) is 5.15. The molecule has 0 saturated heterocycles. The Hall–Kier alpha value is -2.38. The molecule has 0 fully saturated rings. The first-order chi connectivity index (χ1) is 13.1. The van der Waals surface area contributed by atoms with E-state index in [1.807, 2.05) is 54.8 Å². The molecule has 8 heteroatoms. The van der Waals surface area contributed by atoms with Gasteiger partial charge < -0.3 is 5.32 Å². The van der Waals surface area contributed by atoms with Crippen LogP contribution in [0.5, 0.6) is 0 Å². The fourth-order valence-electron chi connectivity index (χ4n) is 2.46. The fraction of sp³-hybridized carbons (Fsp3) is 0.263. The van der Waals surface area contributed by atoms with Gasteiger partial charge in [-0.25, -0.2) is 0 Å². The normalized spacial score (nSPS) is 12.0. The van der Waals surface area contributed by atoms with Crippen molar-refractivity contribution < 1.29 is 4.79 Å². The topological polar surface area (TPSA) is 72.7 Å². The molecule has 1 amide bonds. The largest absolute Gasteiger partial charge is 0.355 e. The molecular weight excluding hydrogens is 382 g/mol. The molecule has 6 nitrogen and oxygen atoms in total. The van der Waals surface area contributed by atoms with E-state index in [4.69, 9.17) is 11.6 Å². The fourth-order valence-corrected chi connectivity index (χ4v) is 3.48. The Kier molecular flexibility index (Phi) is 6.47. The quantitative estimate of drug-likeness (QED) is 0.606. The molecular formula is C19H20ClN5OS. The van der Waals surface area contributed by atoms with Crippen LogP contribution in [-0.4, -0.2) is 37.5 Å². The predicted molar refractivity (Wildman–Crippen MR) is 108 cm³/mol. The van der Waals surface area contributed by atoms with Gasteiger partial charge >= 0.3 is 0 Å². The van der Waals surface area contributed by atoms with E-state index in [0.29, 0.717) is 22.5 Å². The van der Waals surface area contributed by atoms with E-state index in [0.717, 1.165) is 17.7 Å². The van der Waals surface area contributed by atoms with Gasteiger partial charge in [0.25, 0.3) is 0 Å². The van der Waals surface area contributed by atoms with Crippen molar-refractivity contribution in [2.75, 3.05) is 6.54 Å². The van der Waals surface area contributed by atoms with Crippen LogP contribution < -0.4 is 5.32 Å². The van der Waals surface area contributed by atoms with Gasteiger partial charge in [-0.1, -0.05) is 30.3 Å². The van der Waals surface area contributed by atoms with Crippen LogP contribution >= 0.6 is 23.4 Å². The molecule has 3 rings (SSSR count). The third-order valence-electron chi connectivity index (χ3n) is 3.86. The molecule has 3 aromatic rings. The Labute approximate surface area is 167 Å². The van der Waals surface area contributed by atoms with Gasteiger partial charge in [-0.2, -0.15) is 0 Å². The highest BCUT2D eigenvalue weighted by molar-refractivity contribution is 8.00. The van der Waals surface area contributed by atoms with Crippen LogP contribution in [0.1, 0.15) is 20.3 Å². The lowest BCUT2D eigenvalue weighted by atomic mass is 10.2. The number of benzene rings is 1. The summed E-state index contributed by atoms with van der Waals surface area (Å²) < 4.78 is 1.93. The number of amides is 1. The van der Waals surface area contributed by atoms with Crippen molar-refractivity contribution in [1.82, 2.24) is 25.1 Å². The average molecular weight is 402 g/mol. The van der Waals surface area contributed by atoms with Crippen LogP contribution in [0.2, 0.25) is 5.02 Å². The Bertz CT molecular complexity index is 898. The monoisotopic (exact) mass is 401 g/mol.